The molecule has 1 heterocycles. The van der Waals surface area contributed by atoms with Gasteiger partial charge in [0.1, 0.15) is 0 Å². The van der Waals surface area contributed by atoms with Gasteiger partial charge >= 0.3 is 7.12 Å². The number of morpholine rings is 1. The quantitative estimate of drug-likeness (QED) is 0.562. The Hall–Kier alpha value is -1.08. The van der Waals surface area contributed by atoms with E-state index in [1.54, 1.807) is 12.1 Å². The van der Waals surface area contributed by atoms with E-state index in [1.165, 1.54) is 0 Å². The lowest BCUT2D eigenvalue weighted by Gasteiger charge is -2.33. The van der Waals surface area contributed by atoms with E-state index in [-0.39, 0.29) is 12.7 Å². The largest absolute Gasteiger partial charge is 0.488 e. The van der Waals surface area contributed by atoms with E-state index in [1.807, 2.05) is 12.1 Å². The first kappa shape index (κ1) is 12.4. The van der Waals surface area contributed by atoms with E-state index < -0.39 is 7.12 Å². The molecule has 5 nitrogen and oxygen atoms in total. The summed E-state index contributed by atoms with van der Waals surface area (Å²) in [6.45, 7) is 2.04. The Morgan fingerprint density at radius 1 is 1.29 bits per heavy atom. The van der Waals surface area contributed by atoms with Crippen molar-refractivity contribution in [3.05, 3.63) is 24.3 Å². The minimum Gasteiger partial charge on any atom is -0.423 e. The molecule has 1 aromatic carbocycles. The first-order valence-corrected chi connectivity index (χ1v) is 5.64. The molecule has 0 radical (unpaired) electrons. The fraction of sp³-hybridized carbons (Fsp3) is 0.455. The van der Waals surface area contributed by atoms with Gasteiger partial charge in [0, 0.05) is 18.8 Å². The second-order valence-electron chi connectivity index (χ2n) is 4.09. The van der Waals surface area contributed by atoms with Gasteiger partial charge < -0.3 is 24.8 Å². The summed E-state index contributed by atoms with van der Waals surface area (Å²) in [6, 6.07) is 7.05. The molecule has 1 aliphatic rings. The fourth-order valence-electron chi connectivity index (χ4n) is 1.92. The van der Waals surface area contributed by atoms with Crippen molar-refractivity contribution in [1.82, 2.24) is 0 Å². The Morgan fingerprint density at radius 3 is 2.59 bits per heavy atom. The Morgan fingerprint density at radius 2 is 2.00 bits per heavy atom. The molecule has 1 aliphatic heterocycles. The van der Waals surface area contributed by atoms with Crippen LogP contribution in [0, 0.1) is 0 Å². The molecular weight excluding hydrogens is 221 g/mol. The van der Waals surface area contributed by atoms with Crippen molar-refractivity contribution in [3.63, 3.8) is 0 Å². The highest BCUT2D eigenvalue weighted by Gasteiger charge is 2.20. The third-order valence-electron chi connectivity index (χ3n) is 2.90. The summed E-state index contributed by atoms with van der Waals surface area (Å²) >= 11 is 0. The molecule has 17 heavy (non-hydrogen) atoms. The van der Waals surface area contributed by atoms with Gasteiger partial charge in [-0.1, -0.05) is 12.1 Å². The Bertz CT molecular complexity index is 357. The molecule has 92 valence electrons. The molecule has 1 aromatic rings. The van der Waals surface area contributed by atoms with Gasteiger partial charge in [0.25, 0.3) is 0 Å². The molecule has 1 atom stereocenters. The van der Waals surface area contributed by atoms with Crippen LogP contribution in [0.3, 0.4) is 0 Å². The number of aliphatic hydroxyl groups excluding tert-OH is 1. The number of hydrogen-bond acceptors (Lipinski definition) is 5. The van der Waals surface area contributed by atoms with Crippen LogP contribution in [0.1, 0.15) is 0 Å². The smallest absolute Gasteiger partial charge is 0.423 e. The van der Waals surface area contributed by atoms with Gasteiger partial charge in [-0.15, -0.1) is 0 Å². The van der Waals surface area contributed by atoms with Crippen molar-refractivity contribution in [2.45, 2.75) is 6.10 Å². The lowest BCUT2D eigenvalue weighted by Crippen LogP contribution is -2.44. The summed E-state index contributed by atoms with van der Waals surface area (Å²) in [7, 11) is -1.43. The molecule has 0 aromatic heterocycles. The topological polar surface area (TPSA) is 73.2 Å². The molecule has 3 N–H and O–H groups in total. The summed E-state index contributed by atoms with van der Waals surface area (Å²) in [5.41, 5.74) is 1.47. The van der Waals surface area contributed by atoms with E-state index in [2.05, 4.69) is 4.90 Å². The van der Waals surface area contributed by atoms with E-state index >= 15 is 0 Å². The highest BCUT2D eigenvalue weighted by molar-refractivity contribution is 6.58. The Kier molecular flexibility index (Phi) is 4.01. The van der Waals surface area contributed by atoms with Crippen LogP contribution in [0.4, 0.5) is 5.69 Å². The van der Waals surface area contributed by atoms with E-state index in [9.17, 15) is 0 Å². The monoisotopic (exact) mass is 237 g/mol. The second-order valence-corrected chi connectivity index (χ2v) is 4.09. The molecule has 0 amide bonds. The highest BCUT2D eigenvalue weighted by Crippen LogP contribution is 2.16. The number of ether oxygens (including phenoxy) is 1. The zero-order chi connectivity index (χ0) is 12.3. The van der Waals surface area contributed by atoms with Crippen LogP contribution >= 0.6 is 0 Å². The normalized spacial score (nSPS) is 20.4. The number of aliphatic hydroxyl groups is 1. The van der Waals surface area contributed by atoms with Crippen molar-refractivity contribution in [3.8, 4) is 0 Å². The first-order chi connectivity index (χ1) is 8.20. The number of benzene rings is 1. The lowest BCUT2D eigenvalue weighted by molar-refractivity contribution is 0.00357. The molecule has 1 fully saturated rings. The van der Waals surface area contributed by atoms with Crippen LogP contribution in [-0.4, -0.2) is 54.7 Å². The third-order valence-corrected chi connectivity index (χ3v) is 2.90. The molecular formula is C11H16BNO4. The first-order valence-electron chi connectivity index (χ1n) is 5.64. The van der Waals surface area contributed by atoms with Crippen molar-refractivity contribution >= 4 is 18.3 Å². The van der Waals surface area contributed by atoms with Crippen molar-refractivity contribution in [1.29, 1.82) is 0 Å². The molecule has 2 rings (SSSR count). The van der Waals surface area contributed by atoms with Gasteiger partial charge in [0.05, 0.1) is 19.3 Å². The zero-order valence-electron chi connectivity index (χ0n) is 9.49. The molecule has 6 heteroatoms. The van der Waals surface area contributed by atoms with Crippen molar-refractivity contribution < 1.29 is 19.9 Å². The summed E-state index contributed by atoms with van der Waals surface area (Å²) in [5, 5.41) is 27.0. The molecule has 0 aliphatic carbocycles. The maximum Gasteiger partial charge on any atom is 0.488 e. The van der Waals surface area contributed by atoms with Crippen LogP contribution < -0.4 is 10.4 Å². The fourth-order valence-corrected chi connectivity index (χ4v) is 1.92. The predicted octanol–water partition coefficient (Wildman–Crippen LogP) is -1.44. The highest BCUT2D eigenvalue weighted by atomic mass is 16.5. The zero-order valence-corrected chi connectivity index (χ0v) is 9.49. The minimum absolute atomic E-state index is 0.0178. The summed E-state index contributed by atoms with van der Waals surface area (Å²) < 4.78 is 5.37. The molecule has 0 bridgehead atoms. The van der Waals surface area contributed by atoms with E-state index in [4.69, 9.17) is 19.9 Å². The predicted molar refractivity (Wildman–Crippen MR) is 65.3 cm³/mol. The summed E-state index contributed by atoms with van der Waals surface area (Å²) in [6.07, 6.45) is -0.146. The minimum atomic E-state index is -1.43. The van der Waals surface area contributed by atoms with Crippen LogP contribution in [0.5, 0.6) is 0 Å². The number of nitrogens with zero attached hydrogens (tertiary/aromatic N) is 1. The average molecular weight is 237 g/mol. The molecule has 0 saturated carbocycles. The number of anilines is 1. The second kappa shape index (κ2) is 5.51. The number of hydrogen-bond donors (Lipinski definition) is 3. The number of rotatable bonds is 3. The summed E-state index contributed by atoms with van der Waals surface area (Å²) in [5.74, 6) is 0. The standard InChI is InChI=1S/C11H16BNO4/c14-8-11-7-13(5-6-17-11)10-3-1-9(2-4-10)12(15)16/h1-4,11,14-16H,5-8H2/t11-/m0/s1. The van der Waals surface area contributed by atoms with Crippen molar-refractivity contribution in [2.24, 2.45) is 0 Å². The Labute approximate surface area is 100 Å². The Balaban J connectivity index is 2.06. The molecule has 0 unspecified atom stereocenters. The van der Waals surface area contributed by atoms with Crippen molar-refractivity contribution in [2.75, 3.05) is 31.2 Å². The van der Waals surface area contributed by atoms with Crippen LogP contribution in [0.2, 0.25) is 0 Å². The van der Waals surface area contributed by atoms with Gasteiger partial charge in [-0.2, -0.15) is 0 Å². The van der Waals surface area contributed by atoms with Gasteiger partial charge in [0.2, 0.25) is 0 Å². The van der Waals surface area contributed by atoms with Gasteiger partial charge in [-0.3, -0.25) is 0 Å². The van der Waals surface area contributed by atoms with Crippen LogP contribution in [0.25, 0.3) is 0 Å². The summed E-state index contributed by atoms with van der Waals surface area (Å²) in [4.78, 5) is 2.11. The molecule has 0 spiro atoms. The van der Waals surface area contributed by atoms with Gasteiger partial charge in [0.15, 0.2) is 0 Å². The third kappa shape index (κ3) is 2.98. The molecule has 1 saturated heterocycles. The van der Waals surface area contributed by atoms with Crippen LogP contribution in [-0.2, 0) is 4.74 Å². The van der Waals surface area contributed by atoms with E-state index in [0.717, 1.165) is 12.2 Å². The SMILES string of the molecule is OC[C@@H]1CN(c2ccc(B(O)O)cc2)CCO1. The van der Waals surface area contributed by atoms with E-state index in [0.29, 0.717) is 18.6 Å². The van der Waals surface area contributed by atoms with Gasteiger partial charge in [-0.25, -0.2) is 0 Å². The maximum absolute atomic E-state index is 9.05. The maximum atomic E-state index is 9.05. The van der Waals surface area contributed by atoms with Gasteiger partial charge in [-0.05, 0) is 17.6 Å². The lowest BCUT2D eigenvalue weighted by atomic mass is 9.80. The van der Waals surface area contributed by atoms with Crippen LogP contribution in [0.15, 0.2) is 24.3 Å². The average Bonchev–Trinajstić information content (AvgIpc) is 2.39.